The third-order valence-corrected chi connectivity index (χ3v) is 2.41. The molecule has 0 heterocycles. The van der Waals surface area contributed by atoms with Crippen LogP contribution >= 0.6 is 0 Å². The van der Waals surface area contributed by atoms with Crippen molar-refractivity contribution >= 4 is 11.6 Å². The van der Waals surface area contributed by atoms with Crippen LogP contribution in [0.25, 0.3) is 0 Å². The highest BCUT2D eigenvalue weighted by Crippen LogP contribution is 2.11. The molecule has 0 aliphatic carbocycles. The van der Waals surface area contributed by atoms with Gasteiger partial charge in [0.05, 0.1) is 0 Å². The topological polar surface area (TPSA) is 32.3 Å². The predicted molar refractivity (Wildman–Crippen MR) is 67.6 cm³/mol. The van der Waals surface area contributed by atoms with Gasteiger partial charge >= 0.3 is 0 Å². The second-order valence-corrected chi connectivity index (χ2v) is 4.15. The molecule has 0 bridgehead atoms. The van der Waals surface area contributed by atoms with Crippen molar-refractivity contribution < 1.29 is 4.79 Å². The molecule has 0 saturated heterocycles. The normalized spacial score (nSPS) is 10.5. The Kier molecular flexibility index (Phi) is 4.99. The molecule has 0 radical (unpaired) electrons. The third kappa shape index (κ3) is 4.03. The molecule has 3 nitrogen and oxygen atoms in total. The lowest BCUT2D eigenvalue weighted by atomic mass is 10.2. The summed E-state index contributed by atoms with van der Waals surface area (Å²) in [4.78, 5) is 13.5. The summed E-state index contributed by atoms with van der Waals surface area (Å²) in [7, 11) is 1.81. The summed E-state index contributed by atoms with van der Waals surface area (Å²) in [5.74, 6) is 0.138. The summed E-state index contributed by atoms with van der Waals surface area (Å²) >= 11 is 0. The Morgan fingerprint density at radius 2 is 1.94 bits per heavy atom. The summed E-state index contributed by atoms with van der Waals surface area (Å²) in [6.45, 7) is 4.88. The van der Waals surface area contributed by atoms with Crippen LogP contribution in [0.2, 0.25) is 0 Å². The summed E-state index contributed by atoms with van der Waals surface area (Å²) in [5.41, 5.74) is 0.942. The van der Waals surface area contributed by atoms with Crippen LogP contribution in [-0.4, -0.2) is 25.5 Å². The molecule has 1 N–H and O–H groups in total. The van der Waals surface area contributed by atoms with Crippen LogP contribution in [-0.2, 0) is 4.79 Å². The molecule has 16 heavy (non-hydrogen) atoms. The van der Waals surface area contributed by atoms with Crippen LogP contribution in [0.1, 0.15) is 20.3 Å². The Labute approximate surface area is 97.5 Å². The van der Waals surface area contributed by atoms with Gasteiger partial charge in [-0.25, -0.2) is 0 Å². The zero-order valence-corrected chi connectivity index (χ0v) is 10.2. The van der Waals surface area contributed by atoms with Gasteiger partial charge in [-0.2, -0.15) is 0 Å². The van der Waals surface area contributed by atoms with Gasteiger partial charge in [0, 0.05) is 31.7 Å². The molecule has 1 aromatic carbocycles. The number of hydrogen-bond donors (Lipinski definition) is 1. The molecule has 1 amide bonds. The Morgan fingerprint density at radius 1 is 1.31 bits per heavy atom. The molecule has 0 fully saturated rings. The van der Waals surface area contributed by atoms with Crippen molar-refractivity contribution in [2.45, 2.75) is 26.3 Å². The minimum absolute atomic E-state index is 0.138. The lowest BCUT2D eigenvalue weighted by Crippen LogP contribution is -2.31. The van der Waals surface area contributed by atoms with Gasteiger partial charge in [0.2, 0.25) is 5.91 Å². The van der Waals surface area contributed by atoms with Crippen LogP contribution in [0.4, 0.5) is 5.69 Å². The molecule has 88 valence electrons. The van der Waals surface area contributed by atoms with Gasteiger partial charge in [-0.1, -0.05) is 32.0 Å². The van der Waals surface area contributed by atoms with Gasteiger partial charge in [0.1, 0.15) is 0 Å². The van der Waals surface area contributed by atoms with Crippen molar-refractivity contribution in [1.29, 1.82) is 0 Å². The van der Waals surface area contributed by atoms with Crippen molar-refractivity contribution in [3.63, 3.8) is 0 Å². The number of para-hydroxylation sites is 1. The Bertz CT molecular complexity index is 322. The second-order valence-electron chi connectivity index (χ2n) is 4.15. The van der Waals surface area contributed by atoms with Crippen LogP contribution in [0.3, 0.4) is 0 Å². The quantitative estimate of drug-likeness (QED) is 0.823. The van der Waals surface area contributed by atoms with E-state index in [0.717, 1.165) is 12.2 Å². The summed E-state index contributed by atoms with van der Waals surface area (Å²) in [6.07, 6.45) is 0.531. The minimum Gasteiger partial charge on any atom is -0.315 e. The Balaban J connectivity index is 2.43. The monoisotopic (exact) mass is 220 g/mol. The molecular weight excluding hydrogens is 200 g/mol. The molecule has 0 aliphatic heterocycles. The van der Waals surface area contributed by atoms with E-state index in [1.165, 1.54) is 0 Å². The van der Waals surface area contributed by atoms with E-state index in [1.54, 1.807) is 4.90 Å². The summed E-state index contributed by atoms with van der Waals surface area (Å²) in [6, 6.07) is 10.1. The van der Waals surface area contributed by atoms with Crippen molar-refractivity contribution in [3.05, 3.63) is 30.3 Å². The SMILES string of the molecule is CC(C)NCCC(=O)N(C)c1ccccc1. The number of nitrogens with zero attached hydrogens (tertiary/aromatic N) is 1. The number of carbonyl (C=O) groups excluding carboxylic acids is 1. The zero-order valence-electron chi connectivity index (χ0n) is 10.2. The molecule has 0 aromatic heterocycles. The van der Waals surface area contributed by atoms with Crippen molar-refractivity contribution in [1.82, 2.24) is 5.32 Å². The van der Waals surface area contributed by atoms with Crippen LogP contribution in [0.15, 0.2) is 30.3 Å². The van der Waals surface area contributed by atoms with Crippen LogP contribution in [0, 0.1) is 0 Å². The molecule has 0 atom stereocenters. The first-order valence-electron chi connectivity index (χ1n) is 5.66. The first kappa shape index (κ1) is 12.7. The van der Waals surface area contributed by atoms with Gasteiger partial charge in [0.25, 0.3) is 0 Å². The molecule has 0 unspecified atom stereocenters. The largest absolute Gasteiger partial charge is 0.315 e. The number of anilines is 1. The van der Waals surface area contributed by atoms with E-state index < -0.39 is 0 Å². The van der Waals surface area contributed by atoms with E-state index in [0.29, 0.717) is 12.5 Å². The minimum atomic E-state index is 0.138. The average Bonchev–Trinajstić information content (AvgIpc) is 2.28. The van der Waals surface area contributed by atoms with E-state index in [1.807, 2.05) is 37.4 Å². The molecule has 1 aromatic rings. The van der Waals surface area contributed by atoms with Crippen LogP contribution in [0.5, 0.6) is 0 Å². The van der Waals surface area contributed by atoms with E-state index in [4.69, 9.17) is 0 Å². The van der Waals surface area contributed by atoms with E-state index in [-0.39, 0.29) is 5.91 Å². The van der Waals surface area contributed by atoms with Gasteiger partial charge in [-0.15, -0.1) is 0 Å². The summed E-state index contributed by atoms with van der Waals surface area (Å²) in [5, 5.41) is 3.24. The summed E-state index contributed by atoms with van der Waals surface area (Å²) < 4.78 is 0. The number of nitrogens with one attached hydrogen (secondary N) is 1. The predicted octanol–water partition coefficient (Wildman–Crippen LogP) is 2.04. The Morgan fingerprint density at radius 3 is 2.50 bits per heavy atom. The maximum atomic E-state index is 11.8. The average molecular weight is 220 g/mol. The number of rotatable bonds is 5. The smallest absolute Gasteiger partial charge is 0.227 e. The number of hydrogen-bond acceptors (Lipinski definition) is 2. The standard InChI is InChI=1S/C13H20N2O/c1-11(2)14-10-9-13(16)15(3)12-7-5-4-6-8-12/h4-8,11,14H,9-10H2,1-3H3. The molecule has 3 heteroatoms. The number of amides is 1. The molecule has 1 rings (SSSR count). The maximum absolute atomic E-state index is 11.8. The Hall–Kier alpha value is -1.35. The van der Waals surface area contributed by atoms with Crippen molar-refractivity contribution in [2.75, 3.05) is 18.5 Å². The fourth-order valence-corrected chi connectivity index (χ4v) is 1.43. The highest BCUT2D eigenvalue weighted by molar-refractivity contribution is 5.92. The molecule has 0 spiro atoms. The van der Waals surface area contributed by atoms with Crippen LogP contribution < -0.4 is 10.2 Å². The first-order chi connectivity index (χ1) is 7.61. The van der Waals surface area contributed by atoms with Gasteiger partial charge in [0.15, 0.2) is 0 Å². The highest BCUT2D eigenvalue weighted by Gasteiger charge is 2.09. The number of carbonyl (C=O) groups is 1. The zero-order chi connectivity index (χ0) is 12.0. The molecular formula is C13H20N2O. The second kappa shape index (κ2) is 6.28. The van der Waals surface area contributed by atoms with E-state index in [9.17, 15) is 4.79 Å². The first-order valence-corrected chi connectivity index (χ1v) is 5.66. The van der Waals surface area contributed by atoms with Crippen molar-refractivity contribution in [2.24, 2.45) is 0 Å². The molecule has 0 saturated carbocycles. The number of benzene rings is 1. The highest BCUT2D eigenvalue weighted by atomic mass is 16.2. The van der Waals surface area contributed by atoms with E-state index >= 15 is 0 Å². The van der Waals surface area contributed by atoms with E-state index in [2.05, 4.69) is 19.2 Å². The third-order valence-electron chi connectivity index (χ3n) is 2.41. The maximum Gasteiger partial charge on any atom is 0.227 e. The fourth-order valence-electron chi connectivity index (χ4n) is 1.43. The lowest BCUT2D eigenvalue weighted by Gasteiger charge is -2.17. The molecule has 0 aliphatic rings. The van der Waals surface area contributed by atoms with Gasteiger partial charge in [-0.05, 0) is 12.1 Å². The fraction of sp³-hybridized carbons (Fsp3) is 0.462. The van der Waals surface area contributed by atoms with Gasteiger partial charge < -0.3 is 10.2 Å². The van der Waals surface area contributed by atoms with Crippen molar-refractivity contribution in [3.8, 4) is 0 Å². The van der Waals surface area contributed by atoms with Gasteiger partial charge in [-0.3, -0.25) is 4.79 Å². The lowest BCUT2D eigenvalue weighted by molar-refractivity contribution is -0.118.